The van der Waals surface area contributed by atoms with Crippen LogP contribution in [0.15, 0.2) is 109 Å². The third-order valence-electron chi connectivity index (χ3n) is 24.6. The van der Waals surface area contributed by atoms with Gasteiger partial charge in [-0.3, -0.25) is 0 Å². The van der Waals surface area contributed by atoms with Crippen molar-refractivity contribution in [2.24, 2.45) is 0 Å². The van der Waals surface area contributed by atoms with Gasteiger partial charge in [0, 0.05) is 0 Å². The molecule has 10 rings (SSSR count). The molecule has 0 bridgehead atoms. The second-order valence-electron chi connectivity index (χ2n) is 46.9. The summed E-state index contributed by atoms with van der Waals surface area (Å²) in [4.78, 5) is 0. The van der Waals surface area contributed by atoms with Gasteiger partial charge < -0.3 is 0 Å². The molecule has 0 saturated carbocycles. The molecule has 0 nitrogen and oxygen atoms in total. The zero-order chi connectivity index (χ0) is 86.5. The zero-order valence-electron chi connectivity index (χ0n) is 77.8. The quantitative estimate of drug-likeness (QED) is 0.0405. The Kier molecular flexibility index (Phi) is 23.9. The molecule has 0 aliphatic heterocycles. The summed E-state index contributed by atoms with van der Waals surface area (Å²) in [7, 11) is -27.2. The molecule has 0 atom stereocenters. The lowest BCUT2D eigenvalue weighted by Crippen LogP contribution is -2.77. The first-order valence-electron chi connectivity index (χ1n) is 42.0. The van der Waals surface area contributed by atoms with Crippen molar-refractivity contribution in [2.45, 2.75) is 276 Å². The van der Waals surface area contributed by atoms with E-state index in [0.717, 1.165) is 54.6 Å². The number of aryl methyl sites for hydroxylation is 4. The first kappa shape index (κ1) is 91.9. The summed E-state index contributed by atoms with van der Waals surface area (Å²) < 4.78 is 93.8. The molecule has 0 unspecified atom stereocenters. The average molecular weight is 1740 g/mol. The van der Waals surface area contributed by atoms with Crippen LogP contribution >= 0.6 is 0 Å². The van der Waals surface area contributed by atoms with E-state index in [9.17, 15) is 0 Å². The fourth-order valence-electron chi connectivity index (χ4n) is 18.5. The van der Waals surface area contributed by atoms with Gasteiger partial charge in [-0.2, -0.15) is 26.3 Å². The van der Waals surface area contributed by atoms with Crippen LogP contribution in [0.5, 0.6) is 0 Å². The van der Waals surface area contributed by atoms with E-state index >= 15 is 26.3 Å². The Bertz CT molecular complexity index is 4760. The van der Waals surface area contributed by atoms with Gasteiger partial charge in [0.05, 0.1) is 108 Å². The molecule has 0 heterocycles. The molecule has 20 heteroatoms. The predicted molar refractivity (Wildman–Crippen MR) is 541 cm³/mol. The van der Waals surface area contributed by atoms with Crippen LogP contribution in [0.4, 0.5) is 26.3 Å². The van der Waals surface area contributed by atoms with Crippen LogP contribution in [0.3, 0.4) is 0 Å². The second-order valence-corrected chi connectivity index (χ2v) is 107. The zero-order valence-corrected chi connectivity index (χ0v) is 89.8. The number of rotatable bonds is 20. The number of hydrogen-bond donors (Lipinski definition) is 0. The third kappa shape index (κ3) is 17.8. The maximum Gasteiger partial charge on any atom is 0.416 e. The molecule has 0 N–H and O–H groups in total. The minimum atomic E-state index is -4.59. The van der Waals surface area contributed by atoms with Gasteiger partial charge in [0.1, 0.15) is 0 Å². The summed E-state index contributed by atoms with van der Waals surface area (Å²) in [5.41, 5.74) is 12.4. The highest BCUT2D eigenvalue weighted by molar-refractivity contribution is 7.15. The SMILES string of the molecule is Cc1cc(C(F)(F)F)cc(C)c1-c1cc(B(c2c([Si](C)(C)C)cc([Si](C)(C)C)cc2[Si](C)(C)C)c2c([Si](C)(C)C)cc([Si](C)(C)C)cc2[Si](C)(C)C)c2ccc3c(-c4c(C)cc(C(F)(F)F)cc4C)cc(B(c4c([Si](C)(C)C)cc([Si](C)(C)C)cc4[Si](C)(C)C)c4c([Si](C)(C)C)cc([Si](C)(C)C)cc4[Si](C)(C)C)c4ccc1c2c43. The fourth-order valence-corrected chi connectivity index (χ4v) is 38.2. The molecule has 0 aliphatic carbocycles. The monoisotopic (exact) mass is 1740 g/mol. The fraction of sp³-hybridized carbons (Fsp3) is 0.447. The molecule has 10 aromatic carbocycles. The Labute approximate surface area is 698 Å². The summed E-state index contributed by atoms with van der Waals surface area (Å²) in [5, 5.41) is 24.1. The smallest absolute Gasteiger partial charge is 0.166 e. The van der Waals surface area contributed by atoms with E-state index < -0.39 is 120 Å². The Balaban J connectivity index is 1.69. The lowest BCUT2D eigenvalue weighted by atomic mass is 9.35. The molecular weight excluding hydrogens is 1600 g/mol. The van der Waals surface area contributed by atoms with Gasteiger partial charge in [-0.25, -0.2) is 0 Å². The highest BCUT2D eigenvalue weighted by Gasteiger charge is 2.48. The Morgan fingerprint density at radius 1 is 0.219 bits per heavy atom. The predicted octanol–water partition coefficient (Wildman–Crippen LogP) is 18.8. The molecule has 610 valence electrons. The van der Waals surface area contributed by atoms with E-state index in [1.54, 1.807) is 0 Å². The Morgan fingerprint density at radius 3 is 0.535 bits per heavy atom. The lowest BCUT2D eigenvalue weighted by Gasteiger charge is -2.40. The molecule has 0 aliphatic rings. The first-order valence-corrected chi connectivity index (χ1v) is 84.0. The van der Waals surface area contributed by atoms with Crippen LogP contribution in [0.25, 0.3) is 54.6 Å². The van der Waals surface area contributed by atoms with Crippen molar-refractivity contribution in [1.82, 2.24) is 0 Å². The summed E-state index contributed by atoms with van der Waals surface area (Å²) in [6.07, 6.45) is -9.18. The van der Waals surface area contributed by atoms with E-state index in [-0.39, 0.29) is 13.4 Å². The van der Waals surface area contributed by atoms with Gasteiger partial charge in [-0.05, 0) is 129 Å². The Morgan fingerprint density at radius 2 is 0.386 bits per heavy atom. The van der Waals surface area contributed by atoms with Crippen LogP contribution in [-0.2, 0) is 12.4 Å². The van der Waals surface area contributed by atoms with Crippen molar-refractivity contribution in [3.05, 3.63) is 143 Å². The number of halogens is 6. The summed E-state index contributed by atoms with van der Waals surface area (Å²) in [6.45, 7) is 98.5. The van der Waals surface area contributed by atoms with Crippen molar-refractivity contribution in [2.75, 3.05) is 0 Å². The van der Waals surface area contributed by atoms with Gasteiger partial charge in [0.2, 0.25) is 13.4 Å². The number of benzene rings is 10. The van der Waals surface area contributed by atoms with Crippen molar-refractivity contribution in [3.8, 4) is 22.3 Å². The van der Waals surface area contributed by atoms with Crippen LogP contribution in [0, 0.1) is 27.7 Å². The van der Waals surface area contributed by atoms with Gasteiger partial charge in [-0.15, -0.1) is 0 Å². The molecule has 0 radical (unpaired) electrons. The minimum absolute atomic E-state index is 0.334. The molecule has 0 amide bonds. The van der Waals surface area contributed by atoms with Crippen molar-refractivity contribution in [1.29, 1.82) is 0 Å². The van der Waals surface area contributed by atoms with Gasteiger partial charge in [0.15, 0.2) is 0 Å². The van der Waals surface area contributed by atoms with E-state index in [2.05, 4.69) is 321 Å². The van der Waals surface area contributed by atoms with Crippen molar-refractivity contribution >= 4 is 238 Å². The van der Waals surface area contributed by atoms with E-state index in [0.29, 0.717) is 22.3 Å². The molecule has 114 heavy (non-hydrogen) atoms. The highest BCUT2D eigenvalue weighted by atomic mass is 28.3. The lowest BCUT2D eigenvalue weighted by molar-refractivity contribution is -0.138. The number of hydrogen-bond acceptors (Lipinski definition) is 0. The normalized spacial score (nSPS) is 14.1. The van der Waals surface area contributed by atoms with E-state index in [1.165, 1.54) is 119 Å². The topological polar surface area (TPSA) is 0 Å². The van der Waals surface area contributed by atoms with Gasteiger partial charge >= 0.3 is 12.4 Å². The molecular formula is C94H138B2F6Si12. The van der Waals surface area contributed by atoms with Crippen LogP contribution < -0.4 is 95.0 Å². The summed E-state index contributed by atoms with van der Waals surface area (Å²) >= 11 is 0. The standard InChI is InChI=1S/C94H138B2F6Si12/c1-59-45-63(93(97,98)99)46-60(2)85(59)73-57-75(95(89-77(107(17,18)19)49-65(103(5,6)7)50-78(89)108(20,21)22)90-79(109(23,24)25)51-66(104(8,9)10)52-80(90)110(26,27)28)71-44-42-70-74(86-61(3)47-64(48-62(86)4)94(100,101)102)58-76(72-43-41-69(73)87(71)88(70)72)96(91-81(111(29,30)31)53-67(105(11,12)13)54-82(91)112(32,33)34)92-83(113(35,36)37)55-68(106(14,15)16)56-84(92)114(38,39)40/h41-58H,1-40H3. The third-order valence-corrected chi connectivity index (χ3v) is 49.0. The highest BCUT2D eigenvalue weighted by Crippen LogP contribution is 2.46. The summed E-state index contributed by atoms with van der Waals surface area (Å²) in [6, 6.07) is 41.7. The molecule has 0 saturated heterocycles. The summed E-state index contributed by atoms with van der Waals surface area (Å²) in [5.74, 6) is 0. The van der Waals surface area contributed by atoms with Gasteiger partial charge in [-0.1, -0.05) is 416 Å². The maximum absolute atomic E-state index is 15.6. The van der Waals surface area contributed by atoms with E-state index in [4.69, 9.17) is 0 Å². The minimum Gasteiger partial charge on any atom is -0.166 e. The Hall–Kier alpha value is -4.45. The largest absolute Gasteiger partial charge is 0.416 e. The second kappa shape index (κ2) is 29.7. The van der Waals surface area contributed by atoms with Crippen molar-refractivity contribution < 1.29 is 26.3 Å². The first-order chi connectivity index (χ1) is 51.1. The maximum atomic E-state index is 15.6. The van der Waals surface area contributed by atoms with Crippen LogP contribution in [0.1, 0.15) is 33.4 Å². The molecule has 0 spiro atoms. The average Bonchev–Trinajstić information content (AvgIpc) is 0.695. The van der Waals surface area contributed by atoms with Crippen LogP contribution in [0.2, 0.25) is 236 Å². The number of alkyl halides is 6. The van der Waals surface area contributed by atoms with E-state index in [1.807, 2.05) is 27.7 Å². The van der Waals surface area contributed by atoms with Crippen molar-refractivity contribution in [3.63, 3.8) is 0 Å². The molecule has 0 fully saturated rings. The van der Waals surface area contributed by atoms with Crippen LogP contribution in [-0.4, -0.2) is 110 Å². The van der Waals surface area contributed by atoms with Gasteiger partial charge in [0.25, 0.3) is 0 Å². The molecule has 10 aromatic rings. The molecule has 0 aromatic heterocycles.